The van der Waals surface area contributed by atoms with Gasteiger partial charge < -0.3 is 9.47 Å². The van der Waals surface area contributed by atoms with E-state index in [2.05, 4.69) is 0 Å². The number of hydrogen-bond acceptors (Lipinski definition) is 2. The van der Waals surface area contributed by atoms with Crippen molar-refractivity contribution in [2.75, 3.05) is 13.2 Å². The Morgan fingerprint density at radius 3 is 2.83 bits per heavy atom. The van der Waals surface area contributed by atoms with Gasteiger partial charge in [-0.25, -0.2) is 0 Å². The molecule has 1 atom stereocenters. The van der Waals surface area contributed by atoms with Gasteiger partial charge in [0, 0.05) is 6.42 Å². The van der Waals surface area contributed by atoms with Crippen LogP contribution in [0.3, 0.4) is 0 Å². The van der Waals surface area contributed by atoms with Gasteiger partial charge in [-0.05, 0) is 31.3 Å². The maximum Gasteiger partial charge on any atom is 0.123 e. The van der Waals surface area contributed by atoms with Crippen molar-refractivity contribution in [1.82, 2.24) is 0 Å². The molecule has 12 heavy (non-hydrogen) atoms. The first-order valence-electron chi connectivity index (χ1n) is 4.86. The SMILES string of the molecule is C(OC1CCOC1)=C1CCCC1. The second kappa shape index (κ2) is 3.94. The van der Waals surface area contributed by atoms with Crippen LogP contribution in [0, 0.1) is 0 Å². The van der Waals surface area contributed by atoms with Gasteiger partial charge in [0.15, 0.2) is 0 Å². The largest absolute Gasteiger partial charge is 0.496 e. The first-order chi connectivity index (χ1) is 5.95. The second-order valence-electron chi connectivity index (χ2n) is 3.60. The molecule has 1 saturated heterocycles. The van der Waals surface area contributed by atoms with E-state index < -0.39 is 0 Å². The molecule has 1 aliphatic heterocycles. The van der Waals surface area contributed by atoms with E-state index in [1.807, 2.05) is 6.26 Å². The highest BCUT2D eigenvalue weighted by Gasteiger charge is 2.16. The predicted octanol–water partition coefficient (Wildman–Crippen LogP) is 2.25. The summed E-state index contributed by atoms with van der Waals surface area (Å²) in [4.78, 5) is 0. The molecule has 1 saturated carbocycles. The van der Waals surface area contributed by atoms with Gasteiger partial charge in [0.1, 0.15) is 6.10 Å². The van der Waals surface area contributed by atoms with Crippen LogP contribution in [0.1, 0.15) is 32.1 Å². The topological polar surface area (TPSA) is 18.5 Å². The third-order valence-corrected chi connectivity index (χ3v) is 2.56. The summed E-state index contributed by atoms with van der Waals surface area (Å²) >= 11 is 0. The molecule has 0 radical (unpaired) electrons. The van der Waals surface area contributed by atoms with Gasteiger partial charge in [-0.3, -0.25) is 0 Å². The third-order valence-electron chi connectivity index (χ3n) is 2.56. The minimum absolute atomic E-state index is 0.332. The first-order valence-corrected chi connectivity index (χ1v) is 4.86. The standard InChI is InChI=1S/C10H16O2/c1-2-4-9(3-1)7-12-10-5-6-11-8-10/h7,10H,1-6,8H2. The average Bonchev–Trinajstić information content (AvgIpc) is 2.74. The monoisotopic (exact) mass is 168 g/mol. The average molecular weight is 168 g/mol. The van der Waals surface area contributed by atoms with Crippen LogP contribution in [0.4, 0.5) is 0 Å². The lowest BCUT2D eigenvalue weighted by molar-refractivity contribution is 0.109. The van der Waals surface area contributed by atoms with Crippen LogP contribution in [0.15, 0.2) is 11.8 Å². The van der Waals surface area contributed by atoms with Crippen molar-refractivity contribution in [3.63, 3.8) is 0 Å². The summed E-state index contributed by atoms with van der Waals surface area (Å²) in [5, 5.41) is 0. The third kappa shape index (κ3) is 2.01. The van der Waals surface area contributed by atoms with E-state index in [0.717, 1.165) is 19.6 Å². The Bertz CT molecular complexity index is 161. The molecule has 68 valence electrons. The molecule has 2 nitrogen and oxygen atoms in total. The minimum atomic E-state index is 0.332. The van der Waals surface area contributed by atoms with Crippen LogP contribution in [-0.2, 0) is 9.47 Å². The zero-order chi connectivity index (χ0) is 8.23. The molecule has 1 heterocycles. The van der Waals surface area contributed by atoms with E-state index in [-0.39, 0.29) is 0 Å². The molecule has 0 bridgehead atoms. The van der Waals surface area contributed by atoms with Crippen molar-refractivity contribution in [3.05, 3.63) is 11.8 Å². The summed E-state index contributed by atoms with van der Waals surface area (Å²) in [7, 11) is 0. The Kier molecular flexibility index (Phi) is 2.67. The quantitative estimate of drug-likeness (QED) is 0.589. The summed E-state index contributed by atoms with van der Waals surface area (Å²) in [6.45, 7) is 1.65. The van der Waals surface area contributed by atoms with Crippen LogP contribution in [0.25, 0.3) is 0 Å². The molecule has 0 spiro atoms. The molecular weight excluding hydrogens is 152 g/mol. The fourth-order valence-electron chi connectivity index (χ4n) is 1.76. The lowest BCUT2D eigenvalue weighted by atomic mass is 10.2. The van der Waals surface area contributed by atoms with Crippen molar-refractivity contribution in [2.24, 2.45) is 0 Å². The smallest absolute Gasteiger partial charge is 0.123 e. The molecule has 0 aromatic carbocycles. The molecule has 0 N–H and O–H groups in total. The molecule has 0 amide bonds. The van der Waals surface area contributed by atoms with Gasteiger partial charge in [0.05, 0.1) is 19.5 Å². The van der Waals surface area contributed by atoms with Gasteiger partial charge in [-0.1, -0.05) is 0 Å². The van der Waals surface area contributed by atoms with E-state index in [0.29, 0.717) is 6.10 Å². The molecule has 0 aromatic heterocycles. The maximum atomic E-state index is 5.60. The van der Waals surface area contributed by atoms with Crippen LogP contribution < -0.4 is 0 Å². The number of rotatable bonds is 2. The fourth-order valence-corrected chi connectivity index (χ4v) is 1.76. The molecule has 2 heteroatoms. The van der Waals surface area contributed by atoms with Crippen molar-refractivity contribution < 1.29 is 9.47 Å². The highest BCUT2D eigenvalue weighted by molar-refractivity contribution is 5.02. The van der Waals surface area contributed by atoms with Gasteiger partial charge >= 0.3 is 0 Å². The van der Waals surface area contributed by atoms with Crippen LogP contribution in [-0.4, -0.2) is 19.3 Å². The van der Waals surface area contributed by atoms with Gasteiger partial charge in [0.2, 0.25) is 0 Å². The molecule has 2 fully saturated rings. The Hall–Kier alpha value is -0.500. The second-order valence-corrected chi connectivity index (χ2v) is 3.60. The Morgan fingerprint density at radius 1 is 1.33 bits per heavy atom. The fraction of sp³-hybridized carbons (Fsp3) is 0.800. The van der Waals surface area contributed by atoms with Crippen molar-refractivity contribution in [2.45, 2.75) is 38.2 Å². The summed E-state index contributed by atoms with van der Waals surface area (Å²) in [5.74, 6) is 0. The zero-order valence-electron chi connectivity index (χ0n) is 7.42. The van der Waals surface area contributed by atoms with E-state index in [9.17, 15) is 0 Å². The van der Waals surface area contributed by atoms with E-state index in [1.165, 1.54) is 31.3 Å². The highest BCUT2D eigenvalue weighted by atomic mass is 16.5. The van der Waals surface area contributed by atoms with Crippen molar-refractivity contribution in [3.8, 4) is 0 Å². The van der Waals surface area contributed by atoms with E-state index >= 15 is 0 Å². The predicted molar refractivity (Wildman–Crippen MR) is 46.9 cm³/mol. The van der Waals surface area contributed by atoms with E-state index in [1.54, 1.807) is 0 Å². The molecule has 1 unspecified atom stereocenters. The van der Waals surface area contributed by atoms with Crippen LogP contribution >= 0.6 is 0 Å². The highest BCUT2D eigenvalue weighted by Crippen LogP contribution is 2.24. The normalized spacial score (nSPS) is 29.3. The first kappa shape index (κ1) is 8.11. The number of allylic oxidation sites excluding steroid dienone is 1. The number of ether oxygens (including phenoxy) is 2. The molecule has 1 aliphatic carbocycles. The summed E-state index contributed by atoms with van der Waals surface area (Å²) < 4.78 is 10.8. The molecule has 0 aromatic rings. The van der Waals surface area contributed by atoms with Crippen molar-refractivity contribution >= 4 is 0 Å². The Morgan fingerprint density at radius 2 is 2.17 bits per heavy atom. The summed E-state index contributed by atoms with van der Waals surface area (Å²) in [5.41, 5.74) is 1.49. The summed E-state index contributed by atoms with van der Waals surface area (Å²) in [6.07, 6.45) is 8.54. The Balaban J connectivity index is 1.75. The maximum absolute atomic E-state index is 5.60. The van der Waals surface area contributed by atoms with Crippen molar-refractivity contribution in [1.29, 1.82) is 0 Å². The van der Waals surface area contributed by atoms with E-state index in [4.69, 9.17) is 9.47 Å². The number of hydrogen-bond donors (Lipinski definition) is 0. The minimum Gasteiger partial charge on any atom is -0.496 e. The lowest BCUT2D eigenvalue weighted by Gasteiger charge is -2.07. The van der Waals surface area contributed by atoms with Gasteiger partial charge in [-0.2, -0.15) is 0 Å². The molecule has 2 aliphatic rings. The van der Waals surface area contributed by atoms with Crippen LogP contribution in [0.2, 0.25) is 0 Å². The van der Waals surface area contributed by atoms with Crippen LogP contribution in [0.5, 0.6) is 0 Å². The summed E-state index contributed by atoms with van der Waals surface area (Å²) in [6, 6.07) is 0. The van der Waals surface area contributed by atoms with Gasteiger partial charge in [-0.15, -0.1) is 0 Å². The zero-order valence-corrected chi connectivity index (χ0v) is 7.42. The lowest BCUT2D eigenvalue weighted by Crippen LogP contribution is -2.08. The van der Waals surface area contributed by atoms with Gasteiger partial charge in [0.25, 0.3) is 0 Å². The molecule has 2 rings (SSSR count). The Labute approximate surface area is 73.5 Å². The molecular formula is C10H16O2.